The molecule has 0 aliphatic carbocycles. The molecule has 3 aromatic rings. The summed E-state index contributed by atoms with van der Waals surface area (Å²) in [5, 5.41) is 0.748. The van der Waals surface area contributed by atoms with Crippen molar-refractivity contribution in [2.45, 2.75) is 4.90 Å². The molecule has 5 nitrogen and oxygen atoms in total. The molecule has 0 aliphatic heterocycles. The van der Waals surface area contributed by atoms with Gasteiger partial charge in [-0.25, -0.2) is 13.1 Å². The zero-order valence-corrected chi connectivity index (χ0v) is 13.8. The number of benzene rings is 2. The summed E-state index contributed by atoms with van der Waals surface area (Å²) in [6.45, 7) is 0. The molecule has 1 N–H and O–H groups in total. The second kappa shape index (κ2) is 5.62. The van der Waals surface area contributed by atoms with Crippen LogP contribution in [0.15, 0.2) is 45.7 Å². The van der Waals surface area contributed by atoms with Crippen molar-refractivity contribution in [3.63, 3.8) is 0 Å². The molecule has 0 atom stereocenters. The summed E-state index contributed by atoms with van der Waals surface area (Å²) in [5.41, 5.74) is 0.835. The molecule has 0 fully saturated rings. The average molecular weight is 378 g/mol. The first-order valence-corrected chi connectivity index (χ1v) is 8.51. The van der Waals surface area contributed by atoms with Crippen molar-refractivity contribution >= 4 is 61.9 Å². The SMILES string of the molecule is O=S(=O)(Nc1nc2cc(Cl)ccc2o1)c1cc(Cl)ccc1Cl. The number of anilines is 1. The van der Waals surface area contributed by atoms with Crippen LogP contribution < -0.4 is 4.72 Å². The van der Waals surface area contributed by atoms with E-state index in [9.17, 15) is 8.42 Å². The number of fused-ring (bicyclic) bond motifs is 1. The Labute approximate surface area is 140 Å². The van der Waals surface area contributed by atoms with Crippen molar-refractivity contribution in [1.82, 2.24) is 4.98 Å². The molecule has 0 unspecified atom stereocenters. The molecule has 2 aromatic carbocycles. The quantitative estimate of drug-likeness (QED) is 0.724. The third-order valence-electron chi connectivity index (χ3n) is 2.75. The molecular formula is C13H7Cl3N2O3S. The molecule has 0 aliphatic rings. The van der Waals surface area contributed by atoms with Crippen molar-refractivity contribution in [3.8, 4) is 0 Å². The number of hydrogen-bond acceptors (Lipinski definition) is 4. The maximum atomic E-state index is 12.3. The van der Waals surface area contributed by atoms with E-state index in [4.69, 9.17) is 39.2 Å². The van der Waals surface area contributed by atoms with Crippen LogP contribution >= 0.6 is 34.8 Å². The lowest BCUT2D eigenvalue weighted by Crippen LogP contribution is -2.13. The number of halogens is 3. The van der Waals surface area contributed by atoms with E-state index in [0.29, 0.717) is 16.1 Å². The topological polar surface area (TPSA) is 72.2 Å². The Hall–Kier alpha value is -1.47. The molecule has 1 aromatic heterocycles. The van der Waals surface area contributed by atoms with Crippen LogP contribution in [-0.4, -0.2) is 13.4 Å². The van der Waals surface area contributed by atoms with Crippen molar-refractivity contribution in [2.75, 3.05) is 4.72 Å². The van der Waals surface area contributed by atoms with Gasteiger partial charge in [-0.1, -0.05) is 34.8 Å². The zero-order chi connectivity index (χ0) is 15.9. The third kappa shape index (κ3) is 3.01. The maximum Gasteiger partial charge on any atom is 0.309 e. The van der Waals surface area contributed by atoms with E-state index in [1.807, 2.05) is 0 Å². The minimum Gasteiger partial charge on any atom is -0.423 e. The van der Waals surface area contributed by atoms with Gasteiger partial charge in [0.1, 0.15) is 10.4 Å². The normalized spacial score (nSPS) is 11.8. The minimum absolute atomic E-state index is 0.0380. The van der Waals surface area contributed by atoms with Crippen LogP contribution in [0.1, 0.15) is 0 Å². The molecular weight excluding hydrogens is 371 g/mol. The minimum atomic E-state index is -3.98. The fourth-order valence-corrected chi connectivity index (χ4v) is 3.66. The Morgan fingerprint density at radius 2 is 1.68 bits per heavy atom. The van der Waals surface area contributed by atoms with Crippen LogP contribution in [0.2, 0.25) is 15.1 Å². The smallest absolute Gasteiger partial charge is 0.309 e. The summed E-state index contributed by atoms with van der Waals surface area (Å²) in [6, 6.07) is 8.70. The van der Waals surface area contributed by atoms with E-state index in [-0.39, 0.29) is 21.0 Å². The van der Waals surface area contributed by atoms with Crippen molar-refractivity contribution in [3.05, 3.63) is 51.5 Å². The van der Waals surface area contributed by atoms with E-state index in [1.54, 1.807) is 18.2 Å². The van der Waals surface area contributed by atoms with Gasteiger partial charge in [0.2, 0.25) is 0 Å². The summed E-state index contributed by atoms with van der Waals surface area (Å²) in [5.74, 6) is 0. The summed E-state index contributed by atoms with van der Waals surface area (Å²) in [4.78, 5) is 3.85. The lowest BCUT2D eigenvalue weighted by atomic mass is 10.3. The van der Waals surface area contributed by atoms with Crippen LogP contribution in [0.5, 0.6) is 0 Å². The van der Waals surface area contributed by atoms with E-state index in [1.165, 1.54) is 18.2 Å². The van der Waals surface area contributed by atoms with Gasteiger partial charge in [-0.2, -0.15) is 4.98 Å². The van der Waals surface area contributed by atoms with Crippen molar-refractivity contribution in [1.29, 1.82) is 0 Å². The first-order valence-electron chi connectivity index (χ1n) is 5.89. The maximum absolute atomic E-state index is 12.3. The molecule has 0 bridgehead atoms. The van der Waals surface area contributed by atoms with Crippen LogP contribution in [0.4, 0.5) is 6.01 Å². The van der Waals surface area contributed by atoms with Gasteiger partial charge < -0.3 is 4.42 Å². The number of sulfonamides is 1. The highest BCUT2D eigenvalue weighted by Gasteiger charge is 2.21. The van der Waals surface area contributed by atoms with Gasteiger partial charge in [0, 0.05) is 10.0 Å². The fraction of sp³-hybridized carbons (Fsp3) is 0. The van der Waals surface area contributed by atoms with Gasteiger partial charge in [0.05, 0.1) is 5.02 Å². The Kier molecular flexibility index (Phi) is 3.94. The van der Waals surface area contributed by atoms with Crippen LogP contribution in [0.3, 0.4) is 0 Å². The number of rotatable bonds is 3. The average Bonchev–Trinajstić information content (AvgIpc) is 2.81. The van der Waals surface area contributed by atoms with Crippen LogP contribution in [-0.2, 0) is 10.0 Å². The molecule has 0 saturated heterocycles. The standard InChI is InChI=1S/C13H7Cl3N2O3S/c14-7-2-4-11-10(5-7)17-13(21-11)18-22(19,20)12-6-8(15)1-3-9(12)16/h1-6H,(H,17,18). The summed E-state index contributed by atoms with van der Waals surface area (Å²) >= 11 is 17.5. The van der Waals surface area contributed by atoms with Crippen LogP contribution in [0, 0.1) is 0 Å². The van der Waals surface area contributed by atoms with E-state index in [2.05, 4.69) is 9.71 Å². The number of aromatic nitrogens is 1. The fourth-order valence-electron chi connectivity index (χ4n) is 1.80. The molecule has 22 heavy (non-hydrogen) atoms. The Morgan fingerprint density at radius 3 is 2.45 bits per heavy atom. The van der Waals surface area contributed by atoms with Gasteiger partial charge in [-0.05, 0) is 36.4 Å². The third-order valence-corrected chi connectivity index (χ3v) is 5.03. The van der Waals surface area contributed by atoms with Gasteiger partial charge in [-0.15, -0.1) is 0 Å². The zero-order valence-electron chi connectivity index (χ0n) is 10.7. The molecule has 3 rings (SSSR count). The lowest BCUT2D eigenvalue weighted by Gasteiger charge is -2.06. The number of oxazole rings is 1. The number of nitrogens with one attached hydrogen (secondary N) is 1. The van der Waals surface area contributed by atoms with E-state index >= 15 is 0 Å². The number of nitrogens with zero attached hydrogens (tertiary/aromatic N) is 1. The second-order valence-corrected chi connectivity index (χ2v) is 7.24. The highest BCUT2D eigenvalue weighted by molar-refractivity contribution is 7.92. The number of hydrogen-bond donors (Lipinski definition) is 1. The first kappa shape index (κ1) is 15.4. The Morgan fingerprint density at radius 1 is 1.00 bits per heavy atom. The lowest BCUT2D eigenvalue weighted by molar-refractivity contribution is 0.591. The van der Waals surface area contributed by atoms with Gasteiger partial charge in [0.25, 0.3) is 10.0 Å². The Bertz CT molecular complexity index is 970. The summed E-state index contributed by atoms with van der Waals surface area (Å²) < 4.78 is 32.2. The predicted octanol–water partition coefficient (Wildman–Crippen LogP) is 4.59. The largest absolute Gasteiger partial charge is 0.423 e. The molecule has 114 valence electrons. The Balaban J connectivity index is 2.00. The van der Waals surface area contributed by atoms with Crippen molar-refractivity contribution < 1.29 is 12.8 Å². The van der Waals surface area contributed by atoms with Crippen LogP contribution in [0.25, 0.3) is 11.1 Å². The second-order valence-electron chi connectivity index (χ2n) is 4.31. The molecule has 0 radical (unpaired) electrons. The molecule has 9 heteroatoms. The molecule has 0 spiro atoms. The van der Waals surface area contributed by atoms with Gasteiger partial charge in [-0.3, -0.25) is 0 Å². The van der Waals surface area contributed by atoms with E-state index in [0.717, 1.165) is 0 Å². The molecule has 0 amide bonds. The highest BCUT2D eigenvalue weighted by Crippen LogP contribution is 2.28. The molecule has 0 saturated carbocycles. The predicted molar refractivity (Wildman–Crippen MR) is 86.3 cm³/mol. The monoisotopic (exact) mass is 376 g/mol. The van der Waals surface area contributed by atoms with Crippen molar-refractivity contribution in [2.24, 2.45) is 0 Å². The first-order chi connectivity index (χ1) is 10.3. The van der Waals surface area contributed by atoms with Gasteiger partial charge in [0.15, 0.2) is 5.58 Å². The summed E-state index contributed by atoms with van der Waals surface area (Å²) in [6.07, 6.45) is 0. The van der Waals surface area contributed by atoms with E-state index < -0.39 is 10.0 Å². The van der Waals surface area contributed by atoms with Gasteiger partial charge >= 0.3 is 6.01 Å². The highest BCUT2D eigenvalue weighted by atomic mass is 35.5. The molecule has 1 heterocycles. The summed E-state index contributed by atoms with van der Waals surface area (Å²) in [7, 11) is -3.98.